The fourth-order valence-electron chi connectivity index (χ4n) is 3.81. The van der Waals surface area contributed by atoms with Gasteiger partial charge in [-0.15, -0.1) is 0 Å². The van der Waals surface area contributed by atoms with Crippen molar-refractivity contribution in [2.24, 2.45) is 11.8 Å². The van der Waals surface area contributed by atoms with Crippen molar-refractivity contribution >= 4 is 17.3 Å². The first-order chi connectivity index (χ1) is 9.78. The highest BCUT2D eigenvalue weighted by atomic mass is 35.5. The molecule has 1 saturated carbocycles. The predicted octanol–water partition coefficient (Wildman–Crippen LogP) is 4.08. The van der Waals surface area contributed by atoms with Crippen LogP contribution in [0, 0.1) is 11.8 Å². The predicted molar refractivity (Wildman–Crippen MR) is 86.5 cm³/mol. The van der Waals surface area contributed by atoms with Crippen molar-refractivity contribution in [1.29, 1.82) is 0 Å². The number of anilines is 1. The summed E-state index contributed by atoms with van der Waals surface area (Å²) in [7, 11) is 0. The minimum Gasteiger partial charge on any atom is -0.371 e. The van der Waals surface area contributed by atoms with Crippen LogP contribution in [0.5, 0.6) is 0 Å². The number of hydrogen-bond donors (Lipinski definition) is 1. The van der Waals surface area contributed by atoms with E-state index in [1.165, 1.54) is 50.0 Å². The molecule has 2 unspecified atom stereocenters. The second kappa shape index (κ2) is 6.36. The molecule has 20 heavy (non-hydrogen) atoms. The third-order valence-corrected chi connectivity index (χ3v) is 5.09. The molecule has 1 aromatic carbocycles. The summed E-state index contributed by atoms with van der Waals surface area (Å²) in [5, 5.41) is 4.37. The zero-order valence-corrected chi connectivity index (χ0v) is 13.1. The van der Waals surface area contributed by atoms with Gasteiger partial charge in [0.25, 0.3) is 0 Å². The van der Waals surface area contributed by atoms with Gasteiger partial charge in [-0.1, -0.05) is 31.0 Å². The Kier molecular flexibility index (Phi) is 4.52. The summed E-state index contributed by atoms with van der Waals surface area (Å²) in [6.45, 7) is 6.69. The lowest BCUT2D eigenvalue weighted by molar-refractivity contribution is 0.494. The van der Waals surface area contributed by atoms with Crippen LogP contribution in [0.15, 0.2) is 18.2 Å². The van der Waals surface area contributed by atoms with Gasteiger partial charge in [-0.25, -0.2) is 0 Å². The summed E-state index contributed by atoms with van der Waals surface area (Å²) in [5.74, 6) is 1.84. The van der Waals surface area contributed by atoms with Gasteiger partial charge in [0.2, 0.25) is 0 Å². The standard InChI is InChI=1S/C17H25ClN2/c1-2-8-19-10-13-6-7-16(18)9-17(13)20-11-14-4-3-5-15(14)12-20/h6-7,9,14-15,19H,2-5,8,10-12H2,1H3. The van der Waals surface area contributed by atoms with Crippen molar-refractivity contribution in [1.82, 2.24) is 5.32 Å². The molecule has 110 valence electrons. The molecule has 1 heterocycles. The van der Waals surface area contributed by atoms with Crippen LogP contribution in [0.2, 0.25) is 5.02 Å². The van der Waals surface area contributed by atoms with Crippen molar-refractivity contribution in [2.45, 2.75) is 39.2 Å². The summed E-state index contributed by atoms with van der Waals surface area (Å²) >= 11 is 6.23. The molecule has 2 atom stereocenters. The monoisotopic (exact) mass is 292 g/mol. The van der Waals surface area contributed by atoms with Gasteiger partial charge in [-0.2, -0.15) is 0 Å². The van der Waals surface area contributed by atoms with Gasteiger partial charge < -0.3 is 10.2 Å². The van der Waals surface area contributed by atoms with E-state index in [-0.39, 0.29) is 0 Å². The molecule has 0 aromatic heterocycles. The van der Waals surface area contributed by atoms with Gasteiger partial charge in [-0.3, -0.25) is 0 Å². The molecule has 2 aliphatic rings. The largest absolute Gasteiger partial charge is 0.371 e. The number of rotatable bonds is 5. The second-order valence-electron chi connectivity index (χ2n) is 6.31. The molecule has 1 aromatic rings. The normalized spacial score (nSPS) is 25.2. The second-order valence-corrected chi connectivity index (χ2v) is 6.74. The Labute approximate surface area is 127 Å². The van der Waals surface area contributed by atoms with E-state index in [1.807, 2.05) is 6.07 Å². The van der Waals surface area contributed by atoms with Crippen LogP contribution in [-0.2, 0) is 6.54 Å². The number of fused-ring (bicyclic) bond motifs is 1. The van der Waals surface area contributed by atoms with Crippen LogP contribution in [0.25, 0.3) is 0 Å². The number of benzene rings is 1. The van der Waals surface area contributed by atoms with E-state index in [0.717, 1.165) is 29.9 Å². The van der Waals surface area contributed by atoms with E-state index < -0.39 is 0 Å². The first-order valence-electron chi connectivity index (χ1n) is 8.02. The molecule has 3 heteroatoms. The Morgan fingerprint density at radius 3 is 2.70 bits per heavy atom. The van der Waals surface area contributed by atoms with Gasteiger partial charge in [0.15, 0.2) is 0 Å². The highest BCUT2D eigenvalue weighted by molar-refractivity contribution is 6.30. The Morgan fingerprint density at radius 1 is 1.25 bits per heavy atom. The number of hydrogen-bond acceptors (Lipinski definition) is 2. The van der Waals surface area contributed by atoms with Crippen LogP contribution in [0.3, 0.4) is 0 Å². The van der Waals surface area contributed by atoms with Gasteiger partial charge >= 0.3 is 0 Å². The Hall–Kier alpha value is -0.730. The number of halogens is 1. The van der Waals surface area contributed by atoms with E-state index in [1.54, 1.807) is 0 Å². The van der Waals surface area contributed by atoms with Crippen LogP contribution < -0.4 is 10.2 Å². The molecule has 1 aliphatic carbocycles. The molecule has 2 fully saturated rings. The molecule has 0 bridgehead atoms. The van der Waals surface area contributed by atoms with Crippen LogP contribution in [-0.4, -0.2) is 19.6 Å². The topological polar surface area (TPSA) is 15.3 Å². The van der Waals surface area contributed by atoms with Gasteiger partial charge in [0.1, 0.15) is 0 Å². The summed E-state index contributed by atoms with van der Waals surface area (Å²) in [6, 6.07) is 6.37. The molecule has 1 saturated heterocycles. The molecule has 2 nitrogen and oxygen atoms in total. The average molecular weight is 293 g/mol. The van der Waals surface area contributed by atoms with Crippen LogP contribution in [0.1, 0.15) is 38.2 Å². The lowest BCUT2D eigenvalue weighted by Crippen LogP contribution is -2.24. The first kappa shape index (κ1) is 14.2. The van der Waals surface area contributed by atoms with Gasteiger partial charge in [-0.05, 0) is 55.3 Å². The maximum absolute atomic E-state index is 6.23. The van der Waals surface area contributed by atoms with E-state index in [0.29, 0.717) is 0 Å². The van der Waals surface area contributed by atoms with Crippen molar-refractivity contribution in [3.63, 3.8) is 0 Å². The molecule has 1 N–H and O–H groups in total. The first-order valence-corrected chi connectivity index (χ1v) is 8.40. The molecule has 3 rings (SSSR count). The van der Waals surface area contributed by atoms with Crippen molar-refractivity contribution < 1.29 is 0 Å². The smallest absolute Gasteiger partial charge is 0.0426 e. The summed E-state index contributed by atoms with van der Waals surface area (Å²) in [5.41, 5.74) is 2.75. The SMILES string of the molecule is CCCNCc1ccc(Cl)cc1N1CC2CCCC2C1. The molecular weight excluding hydrogens is 268 g/mol. The highest BCUT2D eigenvalue weighted by Gasteiger charge is 2.36. The van der Waals surface area contributed by atoms with Crippen molar-refractivity contribution in [3.05, 3.63) is 28.8 Å². The van der Waals surface area contributed by atoms with E-state index >= 15 is 0 Å². The summed E-state index contributed by atoms with van der Waals surface area (Å²) < 4.78 is 0. The number of nitrogens with one attached hydrogen (secondary N) is 1. The third-order valence-electron chi connectivity index (χ3n) is 4.86. The maximum Gasteiger partial charge on any atom is 0.0426 e. The minimum absolute atomic E-state index is 0.858. The van der Waals surface area contributed by atoms with Crippen molar-refractivity contribution in [3.8, 4) is 0 Å². The fraction of sp³-hybridized carbons (Fsp3) is 0.647. The summed E-state index contributed by atoms with van der Waals surface area (Å²) in [6.07, 6.45) is 5.46. The minimum atomic E-state index is 0.858. The highest BCUT2D eigenvalue weighted by Crippen LogP contribution is 2.40. The van der Waals surface area contributed by atoms with E-state index in [9.17, 15) is 0 Å². The van der Waals surface area contributed by atoms with Crippen LogP contribution in [0.4, 0.5) is 5.69 Å². The quantitative estimate of drug-likeness (QED) is 0.823. The molecule has 0 radical (unpaired) electrons. The fourth-order valence-corrected chi connectivity index (χ4v) is 3.98. The average Bonchev–Trinajstić information content (AvgIpc) is 3.01. The zero-order valence-electron chi connectivity index (χ0n) is 12.4. The number of nitrogens with zero attached hydrogens (tertiary/aromatic N) is 1. The van der Waals surface area contributed by atoms with Crippen LogP contribution >= 0.6 is 11.6 Å². The van der Waals surface area contributed by atoms with Gasteiger partial charge in [0, 0.05) is 30.3 Å². The zero-order chi connectivity index (χ0) is 13.9. The lowest BCUT2D eigenvalue weighted by Gasteiger charge is -2.23. The Morgan fingerprint density at radius 2 is 2.00 bits per heavy atom. The molecule has 0 amide bonds. The maximum atomic E-state index is 6.23. The molecule has 0 spiro atoms. The molecular formula is C17H25ClN2. The van der Waals surface area contributed by atoms with E-state index in [4.69, 9.17) is 11.6 Å². The lowest BCUT2D eigenvalue weighted by atomic mass is 10.0. The van der Waals surface area contributed by atoms with Crippen molar-refractivity contribution in [2.75, 3.05) is 24.5 Å². The molecule has 1 aliphatic heterocycles. The third kappa shape index (κ3) is 2.96. The van der Waals surface area contributed by atoms with E-state index in [2.05, 4.69) is 29.3 Å². The van der Waals surface area contributed by atoms with Gasteiger partial charge in [0.05, 0.1) is 0 Å². The summed E-state index contributed by atoms with van der Waals surface area (Å²) in [4.78, 5) is 2.57. The Balaban J connectivity index is 1.75. The Bertz CT molecular complexity index is 448.